The molecule has 8 heteroatoms. The first-order valence-electron chi connectivity index (χ1n) is 5.38. The molecular formula is C11H8BrN5O2. The number of hydrogen-bond acceptors (Lipinski definition) is 7. The maximum absolute atomic E-state index is 5.55. The fourth-order valence-corrected chi connectivity index (χ4v) is 1.81. The van der Waals surface area contributed by atoms with E-state index in [1.54, 1.807) is 0 Å². The molecule has 0 atom stereocenters. The molecule has 0 aliphatic heterocycles. The van der Waals surface area contributed by atoms with Crippen LogP contribution in [0.2, 0.25) is 0 Å². The van der Waals surface area contributed by atoms with E-state index in [0.29, 0.717) is 12.2 Å². The monoisotopic (exact) mass is 321 g/mol. The number of hydrogen-bond donors (Lipinski definition) is 1. The van der Waals surface area contributed by atoms with E-state index in [0.717, 1.165) is 10.0 Å². The van der Waals surface area contributed by atoms with Gasteiger partial charge in [-0.15, -0.1) is 0 Å². The van der Waals surface area contributed by atoms with Crippen LogP contribution in [0.5, 0.6) is 0 Å². The van der Waals surface area contributed by atoms with Gasteiger partial charge in [0.15, 0.2) is 5.82 Å². The van der Waals surface area contributed by atoms with Crippen molar-refractivity contribution in [2.24, 2.45) is 0 Å². The van der Waals surface area contributed by atoms with Crippen LogP contribution in [0, 0.1) is 0 Å². The summed E-state index contributed by atoms with van der Waals surface area (Å²) in [5.74, 6) is 0.865. The average Bonchev–Trinajstić information content (AvgIpc) is 3.01. The molecule has 3 rings (SSSR count). The van der Waals surface area contributed by atoms with Gasteiger partial charge in [0.1, 0.15) is 0 Å². The quantitative estimate of drug-likeness (QED) is 0.787. The van der Waals surface area contributed by atoms with E-state index in [9.17, 15) is 0 Å². The van der Waals surface area contributed by atoms with Gasteiger partial charge in [-0.05, 0) is 28.0 Å². The summed E-state index contributed by atoms with van der Waals surface area (Å²) in [6.45, 7) is 0. The van der Waals surface area contributed by atoms with Crippen LogP contribution >= 0.6 is 15.9 Å². The van der Waals surface area contributed by atoms with E-state index >= 15 is 0 Å². The number of rotatable bonds is 3. The highest BCUT2D eigenvalue weighted by atomic mass is 79.9. The molecule has 0 fully saturated rings. The Balaban J connectivity index is 1.82. The number of nitrogens with zero attached hydrogens (tertiary/aromatic N) is 4. The molecule has 0 saturated heterocycles. The van der Waals surface area contributed by atoms with E-state index in [4.69, 9.17) is 10.3 Å². The number of benzene rings is 1. The van der Waals surface area contributed by atoms with Crippen LogP contribution in [-0.4, -0.2) is 20.5 Å². The SMILES string of the molecule is Nc1nonc1-c1nc(Cc2ccc(Br)cc2)no1. The molecule has 2 N–H and O–H groups in total. The van der Waals surface area contributed by atoms with Crippen molar-refractivity contribution in [1.82, 2.24) is 20.5 Å². The first-order valence-corrected chi connectivity index (χ1v) is 6.17. The second kappa shape index (κ2) is 4.81. The molecule has 3 aromatic rings. The normalized spacial score (nSPS) is 10.8. The van der Waals surface area contributed by atoms with Gasteiger partial charge in [-0.25, -0.2) is 4.63 Å². The zero-order valence-electron chi connectivity index (χ0n) is 9.58. The lowest BCUT2D eigenvalue weighted by molar-refractivity contribution is 0.308. The molecule has 2 heterocycles. The highest BCUT2D eigenvalue weighted by Gasteiger charge is 2.17. The average molecular weight is 322 g/mol. The van der Waals surface area contributed by atoms with Gasteiger partial charge in [0.05, 0.1) is 0 Å². The molecule has 0 aliphatic rings. The third-order valence-electron chi connectivity index (χ3n) is 2.46. The predicted octanol–water partition coefficient (Wildman–Crippen LogP) is 2.06. The third kappa shape index (κ3) is 2.48. The molecule has 0 aliphatic carbocycles. The van der Waals surface area contributed by atoms with Crippen molar-refractivity contribution < 1.29 is 9.15 Å². The fraction of sp³-hybridized carbons (Fsp3) is 0.0909. The maximum atomic E-state index is 5.55. The van der Waals surface area contributed by atoms with Gasteiger partial charge >= 0.3 is 0 Å². The summed E-state index contributed by atoms with van der Waals surface area (Å²) >= 11 is 3.38. The Kier molecular flexibility index (Phi) is 3.00. The lowest BCUT2D eigenvalue weighted by atomic mass is 10.1. The number of anilines is 1. The number of halogens is 1. The first kappa shape index (κ1) is 11.8. The molecular weight excluding hydrogens is 314 g/mol. The molecule has 2 aromatic heterocycles. The van der Waals surface area contributed by atoms with Crippen molar-refractivity contribution >= 4 is 21.7 Å². The van der Waals surface area contributed by atoms with E-state index in [-0.39, 0.29) is 17.4 Å². The molecule has 0 amide bonds. The summed E-state index contributed by atoms with van der Waals surface area (Å²) in [7, 11) is 0. The van der Waals surface area contributed by atoms with Gasteiger partial charge in [-0.3, -0.25) is 0 Å². The van der Waals surface area contributed by atoms with Crippen molar-refractivity contribution in [3.8, 4) is 11.6 Å². The lowest BCUT2D eigenvalue weighted by Crippen LogP contribution is -1.91. The van der Waals surface area contributed by atoms with E-state index in [1.807, 2.05) is 24.3 Å². The molecule has 96 valence electrons. The second-order valence-corrected chi connectivity index (χ2v) is 4.73. The molecule has 19 heavy (non-hydrogen) atoms. The minimum absolute atomic E-state index is 0.124. The smallest absolute Gasteiger partial charge is 0.284 e. The summed E-state index contributed by atoms with van der Waals surface area (Å²) in [6.07, 6.45) is 0.558. The first-order chi connectivity index (χ1) is 9.22. The Morgan fingerprint density at radius 2 is 1.89 bits per heavy atom. The van der Waals surface area contributed by atoms with Crippen LogP contribution in [0.1, 0.15) is 11.4 Å². The zero-order chi connectivity index (χ0) is 13.2. The van der Waals surface area contributed by atoms with E-state index in [1.165, 1.54) is 0 Å². The summed E-state index contributed by atoms with van der Waals surface area (Å²) in [4.78, 5) is 4.20. The molecule has 0 unspecified atom stereocenters. The number of nitrogens with two attached hydrogens (primary N) is 1. The summed E-state index contributed by atoms with van der Waals surface area (Å²) in [6, 6.07) is 7.87. The van der Waals surface area contributed by atoms with Gasteiger partial charge in [-0.2, -0.15) is 4.98 Å². The Bertz CT molecular complexity index is 691. The predicted molar refractivity (Wildman–Crippen MR) is 69.0 cm³/mol. The minimum atomic E-state index is 0.124. The van der Waals surface area contributed by atoms with Crippen molar-refractivity contribution in [1.29, 1.82) is 0 Å². The van der Waals surface area contributed by atoms with Crippen molar-refractivity contribution in [3.63, 3.8) is 0 Å². The molecule has 0 radical (unpaired) electrons. The molecule has 7 nitrogen and oxygen atoms in total. The van der Waals surface area contributed by atoms with Crippen LogP contribution < -0.4 is 5.73 Å². The number of nitrogen functional groups attached to an aromatic ring is 1. The van der Waals surface area contributed by atoms with E-state index < -0.39 is 0 Å². The van der Waals surface area contributed by atoms with Crippen LogP contribution in [0.4, 0.5) is 5.82 Å². The highest BCUT2D eigenvalue weighted by molar-refractivity contribution is 9.10. The summed E-state index contributed by atoms with van der Waals surface area (Å²) in [5.41, 5.74) is 6.88. The standard InChI is InChI=1S/C11H8BrN5O2/c12-7-3-1-6(2-4-7)5-8-14-11(18-15-8)9-10(13)17-19-16-9/h1-4H,5H2,(H2,13,17). The summed E-state index contributed by atoms with van der Waals surface area (Å²) < 4.78 is 10.6. The maximum Gasteiger partial charge on any atom is 0.284 e. The van der Waals surface area contributed by atoms with Gasteiger partial charge in [0, 0.05) is 10.9 Å². The topological polar surface area (TPSA) is 104 Å². The van der Waals surface area contributed by atoms with Crippen LogP contribution in [0.25, 0.3) is 11.6 Å². The second-order valence-electron chi connectivity index (χ2n) is 3.82. The van der Waals surface area contributed by atoms with Crippen LogP contribution in [-0.2, 0) is 6.42 Å². The van der Waals surface area contributed by atoms with Gasteiger partial charge in [-0.1, -0.05) is 33.2 Å². The Hall–Kier alpha value is -2.22. The number of aromatic nitrogens is 4. The van der Waals surface area contributed by atoms with Crippen LogP contribution in [0.15, 0.2) is 37.9 Å². The van der Waals surface area contributed by atoms with E-state index in [2.05, 4.69) is 41.0 Å². The highest BCUT2D eigenvalue weighted by Crippen LogP contribution is 2.20. The molecule has 0 spiro atoms. The Morgan fingerprint density at radius 1 is 1.11 bits per heavy atom. The van der Waals surface area contributed by atoms with Crippen molar-refractivity contribution in [2.45, 2.75) is 6.42 Å². The Morgan fingerprint density at radius 3 is 2.58 bits per heavy atom. The van der Waals surface area contributed by atoms with Crippen LogP contribution in [0.3, 0.4) is 0 Å². The van der Waals surface area contributed by atoms with Crippen molar-refractivity contribution in [3.05, 3.63) is 40.1 Å². The molecule has 0 bridgehead atoms. The minimum Gasteiger partial charge on any atom is -0.379 e. The summed E-state index contributed by atoms with van der Waals surface area (Å²) in [5, 5.41) is 10.9. The van der Waals surface area contributed by atoms with Gasteiger partial charge in [0.25, 0.3) is 5.89 Å². The van der Waals surface area contributed by atoms with Gasteiger partial charge in [0.2, 0.25) is 11.5 Å². The molecule has 1 aromatic carbocycles. The van der Waals surface area contributed by atoms with Gasteiger partial charge < -0.3 is 10.3 Å². The third-order valence-corrected chi connectivity index (χ3v) is 2.99. The molecule has 0 saturated carbocycles. The zero-order valence-corrected chi connectivity index (χ0v) is 11.2. The van der Waals surface area contributed by atoms with Crippen molar-refractivity contribution in [2.75, 3.05) is 5.73 Å². The fourth-order valence-electron chi connectivity index (χ4n) is 1.55. The largest absolute Gasteiger partial charge is 0.379 e. The lowest BCUT2D eigenvalue weighted by Gasteiger charge is -1.96. The Labute approximate surface area is 115 Å².